The SMILES string of the molecule is CCNOC(C)ONCC. The first-order valence-corrected chi connectivity index (χ1v) is 3.58. The molecule has 0 rings (SSSR count). The van der Waals surface area contributed by atoms with Gasteiger partial charge in [0.05, 0.1) is 0 Å². The predicted octanol–water partition coefficient (Wildman–Crippen LogP) is 0.415. The lowest BCUT2D eigenvalue weighted by atomic mass is 10.8. The summed E-state index contributed by atoms with van der Waals surface area (Å²) in [6, 6.07) is 0. The Morgan fingerprint density at radius 1 is 1.10 bits per heavy atom. The van der Waals surface area contributed by atoms with E-state index in [1.807, 2.05) is 20.8 Å². The highest BCUT2D eigenvalue weighted by molar-refractivity contribution is 4.25. The molecule has 4 heteroatoms. The molecule has 10 heavy (non-hydrogen) atoms. The summed E-state index contributed by atoms with van der Waals surface area (Å²) >= 11 is 0. The van der Waals surface area contributed by atoms with Crippen molar-refractivity contribution in [2.24, 2.45) is 0 Å². The molecule has 0 fully saturated rings. The van der Waals surface area contributed by atoms with Crippen molar-refractivity contribution in [2.45, 2.75) is 27.1 Å². The van der Waals surface area contributed by atoms with Crippen LogP contribution in [-0.4, -0.2) is 19.4 Å². The first kappa shape index (κ1) is 9.84. The van der Waals surface area contributed by atoms with E-state index in [-0.39, 0.29) is 6.29 Å². The van der Waals surface area contributed by atoms with Crippen LogP contribution in [0.15, 0.2) is 0 Å². The molecule has 4 nitrogen and oxygen atoms in total. The van der Waals surface area contributed by atoms with E-state index in [1.165, 1.54) is 0 Å². The lowest BCUT2D eigenvalue weighted by Gasteiger charge is -2.12. The fourth-order valence-electron chi connectivity index (χ4n) is 0.425. The number of nitrogens with one attached hydrogen (secondary N) is 2. The highest BCUT2D eigenvalue weighted by Gasteiger charge is 1.98. The Kier molecular flexibility index (Phi) is 6.84. The molecule has 0 bridgehead atoms. The molecule has 0 atom stereocenters. The maximum absolute atomic E-state index is 4.96. The second-order valence-corrected chi connectivity index (χ2v) is 1.80. The fourth-order valence-corrected chi connectivity index (χ4v) is 0.425. The maximum Gasteiger partial charge on any atom is 0.193 e. The Morgan fingerprint density at radius 3 is 1.80 bits per heavy atom. The van der Waals surface area contributed by atoms with Crippen molar-refractivity contribution in [3.05, 3.63) is 0 Å². The number of hydrogen-bond acceptors (Lipinski definition) is 4. The molecule has 0 amide bonds. The van der Waals surface area contributed by atoms with Crippen LogP contribution in [0.3, 0.4) is 0 Å². The summed E-state index contributed by atoms with van der Waals surface area (Å²) in [5.74, 6) is 0. The quantitative estimate of drug-likeness (QED) is 0.423. The molecule has 0 heterocycles. The molecule has 0 aliphatic heterocycles. The predicted molar refractivity (Wildman–Crippen MR) is 39.0 cm³/mol. The van der Waals surface area contributed by atoms with Gasteiger partial charge in [-0.3, -0.25) is 9.68 Å². The highest BCUT2D eigenvalue weighted by atomic mass is 16.8. The second kappa shape index (κ2) is 6.95. The van der Waals surface area contributed by atoms with Crippen LogP contribution >= 0.6 is 0 Å². The molecule has 0 saturated carbocycles. The van der Waals surface area contributed by atoms with Gasteiger partial charge in [0.2, 0.25) is 0 Å². The van der Waals surface area contributed by atoms with Crippen LogP contribution in [-0.2, 0) is 9.68 Å². The summed E-state index contributed by atoms with van der Waals surface area (Å²) in [5.41, 5.74) is 5.38. The Labute approximate surface area is 61.8 Å². The zero-order valence-electron chi connectivity index (χ0n) is 6.81. The molecule has 0 saturated heterocycles. The number of hydrogen-bond donors (Lipinski definition) is 2. The van der Waals surface area contributed by atoms with E-state index in [9.17, 15) is 0 Å². The van der Waals surface area contributed by atoms with Crippen molar-refractivity contribution >= 4 is 0 Å². The van der Waals surface area contributed by atoms with Gasteiger partial charge in [-0.15, -0.1) is 0 Å². The number of rotatable bonds is 6. The first-order chi connectivity index (χ1) is 4.81. The van der Waals surface area contributed by atoms with Crippen molar-refractivity contribution in [1.29, 1.82) is 0 Å². The van der Waals surface area contributed by atoms with Gasteiger partial charge in [-0.25, -0.2) is 0 Å². The van der Waals surface area contributed by atoms with E-state index in [0.717, 1.165) is 13.1 Å². The van der Waals surface area contributed by atoms with E-state index in [4.69, 9.17) is 9.68 Å². The van der Waals surface area contributed by atoms with Crippen molar-refractivity contribution in [3.63, 3.8) is 0 Å². The zero-order valence-corrected chi connectivity index (χ0v) is 6.81. The Balaban J connectivity index is 3.00. The molecule has 62 valence electrons. The van der Waals surface area contributed by atoms with E-state index in [1.54, 1.807) is 0 Å². The monoisotopic (exact) mass is 148 g/mol. The van der Waals surface area contributed by atoms with Gasteiger partial charge in [-0.05, 0) is 6.92 Å². The van der Waals surface area contributed by atoms with Crippen LogP contribution in [0.4, 0.5) is 0 Å². The minimum absolute atomic E-state index is 0.250. The van der Waals surface area contributed by atoms with Crippen LogP contribution in [0.5, 0.6) is 0 Å². The minimum Gasteiger partial charge on any atom is -0.268 e. The van der Waals surface area contributed by atoms with E-state index in [0.29, 0.717) is 0 Å². The summed E-state index contributed by atoms with van der Waals surface area (Å²) in [7, 11) is 0. The standard InChI is InChI=1S/C6H16N2O2/c1-4-7-9-6(3)10-8-5-2/h6-8H,4-5H2,1-3H3. The summed E-state index contributed by atoms with van der Waals surface area (Å²) in [6.07, 6.45) is -0.250. The zero-order chi connectivity index (χ0) is 7.82. The van der Waals surface area contributed by atoms with Crippen molar-refractivity contribution in [1.82, 2.24) is 11.0 Å². The third-order valence-electron chi connectivity index (χ3n) is 0.787. The van der Waals surface area contributed by atoms with Gasteiger partial charge < -0.3 is 0 Å². The van der Waals surface area contributed by atoms with Crippen LogP contribution in [0, 0.1) is 0 Å². The van der Waals surface area contributed by atoms with Crippen molar-refractivity contribution < 1.29 is 9.68 Å². The van der Waals surface area contributed by atoms with Crippen molar-refractivity contribution in [3.8, 4) is 0 Å². The molecule has 0 radical (unpaired) electrons. The van der Waals surface area contributed by atoms with E-state index < -0.39 is 0 Å². The summed E-state index contributed by atoms with van der Waals surface area (Å²) in [5, 5.41) is 0. The van der Waals surface area contributed by atoms with Gasteiger partial charge in [-0.2, -0.15) is 11.0 Å². The Morgan fingerprint density at radius 2 is 1.50 bits per heavy atom. The molecular formula is C6H16N2O2. The van der Waals surface area contributed by atoms with Gasteiger partial charge in [0.1, 0.15) is 0 Å². The third kappa shape index (κ3) is 5.97. The highest BCUT2D eigenvalue weighted by Crippen LogP contribution is 1.85. The van der Waals surface area contributed by atoms with Crippen molar-refractivity contribution in [2.75, 3.05) is 13.1 Å². The first-order valence-electron chi connectivity index (χ1n) is 3.58. The smallest absolute Gasteiger partial charge is 0.193 e. The van der Waals surface area contributed by atoms with Gasteiger partial charge in [0, 0.05) is 13.1 Å². The molecule has 0 aliphatic carbocycles. The summed E-state index contributed by atoms with van der Waals surface area (Å²) < 4.78 is 0. The van der Waals surface area contributed by atoms with E-state index in [2.05, 4.69) is 11.0 Å². The molecule has 0 unspecified atom stereocenters. The molecule has 0 aromatic rings. The third-order valence-corrected chi connectivity index (χ3v) is 0.787. The summed E-state index contributed by atoms with van der Waals surface area (Å²) in [4.78, 5) is 9.92. The van der Waals surface area contributed by atoms with Crippen LogP contribution in [0.25, 0.3) is 0 Å². The van der Waals surface area contributed by atoms with Crippen LogP contribution < -0.4 is 11.0 Å². The Hall–Kier alpha value is -0.160. The van der Waals surface area contributed by atoms with Gasteiger partial charge in [0.25, 0.3) is 0 Å². The molecule has 0 aromatic heterocycles. The van der Waals surface area contributed by atoms with Crippen LogP contribution in [0.2, 0.25) is 0 Å². The largest absolute Gasteiger partial charge is 0.268 e. The average Bonchev–Trinajstić information content (AvgIpc) is 1.97. The van der Waals surface area contributed by atoms with E-state index >= 15 is 0 Å². The topological polar surface area (TPSA) is 42.5 Å². The average molecular weight is 148 g/mol. The lowest BCUT2D eigenvalue weighted by Crippen LogP contribution is -2.29. The van der Waals surface area contributed by atoms with Gasteiger partial charge >= 0.3 is 0 Å². The fraction of sp³-hybridized carbons (Fsp3) is 1.00. The molecule has 0 spiro atoms. The van der Waals surface area contributed by atoms with Crippen LogP contribution in [0.1, 0.15) is 20.8 Å². The minimum atomic E-state index is -0.250. The second-order valence-electron chi connectivity index (χ2n) is 1.80. The number of hydroxylamine groups is 2. The molecule has 2 N–H and O–H groups in total. The molecule has 0 aromatic carbocycles. The lowest BCUT2D eigenvalue weighted by molar-refractivity contribution is -0.199. The Bertz CT molecular complexity index is 62.8. The maximum atomic E-state index is 4.96. The molecular weight excluding hydrogens is 132 g/mol. The molecule has 0 aliphatic rings. The van der Waals surface area contributed by atoms with Gasteiger partial charge in [0.15, 0.2) is 6.29 Å². The summed E-state index contributed by atoms with van der Waals surface area (Å²) in [6.45, 7) is 7.28. The van der Waals surface area contributed by atoms with Gasteiger partial charge in [-0.1, -0.05) is 13.8 Å². The normalized spacial score (nSPS) is 10.8.